The van der Waals surface area contributed by atoms with Gasteiger partial charge >= 0.3 is 0 Å². The fourth-order valence-corrected chi connectivity index (χ4v) is 2.68. The molecule has 0 saturated heterocycles. The summed E-state index contributed by atoms with van der Waals surface area (Å²) in [6, 6.07) is 15.2. The summed E-state index contributed by atoms with van der Waals surface area (Å²) in [7, 11) is 0. The molecule has 0 aliphatic rings. The minimum absolute atomic E-state index is 0.127. The Balaban J connectivity index is 1.84. The zero-order valence-corrected chi connectivity index (χ0v) is 13.0. The monoisotopic (exact) mass is 313 g/mol. The molecule has 0 unspecified atom stereocenters. The summed E-state index contributed by atoms with van der Waals surface area (Å²) in [6.07, 6.45) is 0.229. The van der Waals surface area contributed by atoms with Gasteiger partial charge < -0.3 is 4.57 Å². The summed E-state index contributed by atoms with van der Waals surface area (Å²) >= 11 is 6.09. The van der Waals surface area contributed by atoms with Gasteiger partial charge in [-0.1, -0.05) is 41.9 Å². The number of benzene rings is 2. The van der Waals surface area contributed by atoms with E-state index in [1.807, 2.05) is 54.0 Å². The van der Waals surface area contributed by atoms with E-state index in [-0.39, 0.29) is 12.3 Å². The summed E-state index contributed by atoms with van der Waals surface area (Å²) in [5, 5.41) is 3.48. The van der Waals surface area contributed by atoms with Crippen LogP contribution in [0.1, 0.15) is 12.5 Å². The number of halogens is 1. The number of imidazole rings is 1. The van der Waals surface area contributed by atoms with E-state index >= 15 is 0 Å². The van der Waals surface area contributed by atoms with Gasteiger partial charge in [0.1, 0.15) is 0 Å². The van der Waals surface area contributed by atoms with Gasteiger partial charge in [0.2, 0.25) is 11.9 Å². The van der Waals surface area contributed by atoms with E-state index in [9.17, 15) is 4.79 Å². The standard InChI is InChI=1S/C17H16ClN3O/c1-2-21-15-10-6-5-9-14(15)19-17(21)20-16(22)11-12-7-3-4-8-13(12)18/h3-10H,2,11H2,1H3,(H,19,20,22). The molecular formula is C17H16ClN3O. The summed E-state index contributed by atoms with van der Waals surface area (Å²) in [4.78, 5) is 16.7. The van der Waals surface area contributed by atoms with Crippen LogP contribution in [0, 0.1) is 0 Å². The Bertz CT molecular complexity index is 826. The molecular weight excluding hydrogens is 298 g/mol. The first-order chi connectivity index (χ1) is 10.7. The summed E-state index contributed by atoms with van der Waals surface area (Å²) in [5.41, 5.74) is 2.69. The van der Waals surface area contributed by atoms with Crippen molar-refractivity contribution in [1.29, 1.82) is 0 Å². The number of aromatic nitrogens is 2. The van der Waals surface area contributed by atoms with Gasteiger partial charge in [-0.2, -0.15) is 0 Å². The minimum atomic E-state index is -0.127. The fraction of sp³-hybridized carbons (Fsp3) is 0.176. The number of amides is 1. The highest BCUT2D eigenvalue weighted by atomic mass is 35.5. The van der Waals surface area contributed by atoms with E-state index in [1.165, 1.54) is 0 Å². The van der Waals surface area contributed by atoms with Gasteiger partial charge in [0.25, 0.3) is 0 Å². The lowest BCUT2D eigenvalue weighted by atomic mass is 10.1. The van der Waals surface area contributed by atoms with Crippen molar-refractivity contribution >= 4 is 34.5 Å². The smallest absolute Gasteiger partial charge is 0.231 e. The highest BCUT2D eigenvalue weighted by molar-refractivity contribution is 6.31. The average Bonchev–Trinajstić information content (AvgIpc) is 2.86. The highest BCUT2D eigenvalue weighted by Crippen LogP contribution is 2.20. The molecule has 2 aromatic carbocycles. The van der Waals surface area contributed by atoms with Gasteiger partial charge in [-0.3, -0.25) is 10.1 Å². The van der Waals surface area contributed by atoms with Crippen molar-refractivity contribution in [3.8, 4) is 0 Å². The Hall–Kier alpha value is -2.33. The molecule has 112 valence electrons. The zero-order chi connectivity index (χ0) is 15.5. The molecule has 0 aliphatic heterocycles. The maximum Gasteiger partial charge on any atom is 0.231 e. The molecule has 0 spiro atoms. The van der Waals surface area contributed by atoms with Crippen LogP contribution in [-0.2, 0) is 17.8 Å². The van der Waals surface area contributed by atoms with E-state index < -0.39 is 0 Å². The molecule has 0 aliphatic carbocycles. The van der Waals surface area contributed by atoms with Crippen molar-refractivity contribution < 1.29 is 4.79 Å². The van der Waals surface area contributed by atoms with E-state index in [1.54, 1.807) is 6.07 Å². The largest absolute Gasteiger partial charge is 0.310 e. The van der Waals surface area contributed by atoms with Gasteiger partial charge in [-0.15, -0.1) is 0 Å². The Labute approximate surface area is 133 Å². The molecule has 3 rings (SSSR count). The van der Waals surface area contributed by atoms with E-state index in [4.69, 9.17) is 11.6 Å². The van der Waals surface area contributed by atoms with Crippen LogP contribution in [0.5, 0.6) is 0 Å². The van der Waals surface area contributed by atoms with Gasteiger partial charge in [0, 0.05) is 11.6 Å². The molecule has 0 saturated carbocycles. The highest BCUT2D eigenvalue weighted by Gasteiger charge is 2.13. The van der Waals surface area contributed by atoms with Crippen molar-refractivity contribution in [2.24, 2.45) is 0 Å². The SMILES string of the molecule is CCn1c(NC(=O)Cc2ccccc2Cl)nc2ccccc21. The Kier molecular flexibility index (Phi) is 4.11. The Morgan fingerprint density at radius 1 is 1.18 bits per heavy atom. The molecule has 0 fully saturated rings. The first kappa shape index (κ1) is 14.6. The average molecular weight is 314 g/mol. The van der Waals surface area contributed by atoms with Crippen LogP contribution in [0.3, 0.4) is 0 Å². The van der Waals surface area contributed by atoms with Crippen molar-refractivity contribution in [2.45, 2.75) is 19.9 Å². The lowest BCUT2D eigenvalue weighted by Crippen LogP contribution is -2.17. The third kappa shape index (κ3) is 2.83. The minimum Gasteiger partial charge on any atom is -0.310 e. The number of rotatable bonds is 4. The van der Waals surface area contributed by atoms with Gasteiger partial charge in [-0.25, -0.2) is 4.98 Å². The second-order valence-corrected chi connectivity index (χ2v) is 5.39. The molecule has 1 aromatic heterocycles. The fourth-order valence-electron chi connectivity index (χ4n) is 2.47. The van der Waals surface area contributed by atoms with Crippen LogP contribution >= 0.6 is 11.6 Å². The van der Waals surface area contributed by atoms with Crippen LogP contribution in [-0.4, -0.2) is 15.5 Å². The molecule has 0 bridgehead atoms. The second kappa shape index (κ2) is 6.20. The number of hydrogen-bond acceptors (Lipinski definition) is 2. The predicted octanol–water partition coefficient (Wildman–Crippen LogP) is 3.89. The summed E-state index contributed by atoms with van der Waals surface area (Å²) in [5.74, 6) is 0.443. The van der Waals surface area contributed by atoms with Gasteiger partial charge in [-0.05, 0) is 30.7 Å². The quantitative estimate of drug-likeness (QED) is 0.794. The number of aryl methyl sites for hydroxylation is 1. The first-order valence-corrected chi connectivity index (χ1v) is 7.55. The number of para-hydroxylation sites is 2. The molecule has 3 aromatic rings. The molecule has 1 heterocycles. The normalized spacial score (nSPS) is 10.8. The van der Waals surface area contributed by atoms with Crippen molar-refractivity contribution in [2.75, 3.05) is 5.32 Å². The summed E-state index contributed by atoms with van der Waals surface area (Å²) in [6.45, 7) is 2.76. The lowest BCUT2D eigenvalue weighted by Gasteiger charge is -2.08. The van der Waals surface area contributed by atoms with Crippen LogP contribution < -0.4 is 5.32 Å². The number of anilines is 1. The second-order valence-electron chi connectivity index (χ2n) is 4.98. The third-order valence-corrected chi connectivity index (χ3v) is 3.90. The third-order valence-electron chi connectivity index (χ3n) is 3.53. The van der Waals surface area contributed by atoms with Crippen LogP contribution in [0.15, 0.2) is 48.5 Å². The number of hydrogen-bond donors (Lipinski definition) is 1. The molecule has 4 nitrogen and oxygen atoms in total. The number of carbonyl (C=O) groups is 1. The lowest BCUT2D eigenvalue weighted by molar-refractivity contribution is -0.115. The molecule has 0 atom stereocenters. The number of nitrogens with one attached hydrogen (secondary N) is 1. The topological polar surface area (TPSA) is 46.9 Å². The van der Waals surface area contributed by atoms with Crippen molar-refractivity contribution in [3.63, 3.8) is 0 Å². The maximum atomic E-state index is 12.3. The van der Waals surface area contributed by atoms with Crippen molar-refractivity contribution in [3.05, 3.63) is 59.1 Å². The molecule has 1 N–H and O–H groups in total. The molecule has 5 heteroatoms. The Morgan fingerprint density at radius 3 is 2.68 bits per heavy atom. The molecule has 22 heavy (non-hydrogen) atoms. The first-order valence-electron chi connectivity index (χ1n) is 7.17. The van der Waals surface area contributed by atoms with Gasteiger partial charge in [0.05, 0.1) is 17.5 Å². The number of fused-ring (bicyclic) bond motifs is 1. The Morgan fingerprint density at radius 2 is 1.91 bits per heavy atom. The van der Waals surface area contributed by atoms with Crippen LogP contribution in [0.4, 0.5) is 5.95 Å². The number of nitrogens with zero attached hydrogens (tertiary/aromatic N) is 2. The summed E-state index contributed by atoms with van der Waals surface area (Å²) < 4.78 is 1.99. The molecule has 0 radical (unpaired) electrons. The van der Waals surface area contributed by atoms with E-state index in [0.29, 0.717) is 11.0 Å². The maximum absolute atomic E-state index is 12.3. The molecule has 1 amide bonds. The van der Waals surface area contributed by atoms with E-state index in [0.717, 1.165) is 23.1 Å². The zero-order valence-electron chi connectivity index (χ0n) is 12.2. The van der Waals surface area contributed by atoms with Crippen LogP contribution in [0.2, 0.25) is 5.02 Å². The van der Waals surface area contributed by atoms with Crippen molar-refractivity contribution in [1.82, 2.24) is 9.55 Å². The predicted molar refractivity (Wildman–Crippen MR) is 89.2 cm³/mol. The van der Waals surface area contributed by atoms with Gasteiger partial charge in [0.15, 0.2) is 0 Å². The van der Waals surface area contributed by atoms with Crippen LogP contribution in [0.25, 0.3) is 11.0 Å². The van der Waals surface area contributed by atoms with E-state index in [2.05, 4.69) is 10.3 Å². The number of carbonyl (C=O) groups excluding carboxylic acids is 1.